The van der Waals surface area contributed by atoms with Crippen molar-refractivity contribution in [3.8, 4) is 0 Å². The van der Waals surface area contributed by atoms with Crippen molar-refractivity contribution < 1.29 is 21.8 Å². The lowest BCUT2D eigenvalue weighted by molar-refractivity contribution is -0.147. The van der Waals surface area contributed by atoms with Crippen molar-refractivity contribution in [1.82, 2.24) is 5.32 Å². The van der Waals surface area contributed by atoms with Crippen LogP contribution >= 0.6 is 0 Å². The Morgan fingerprint density at radius 1 is 1.32 bits per heavy atom. The molecule has 0 fully saturated rings. The molecule has 5 heteroatoms. The van der Waals surface area contributed by atoms with Crippen LogP contribution in [0.15, 0.2) is 0 Å². The third kappa shape index (κ3) is 8.46. The van der Waals surface area contributed by atoms with Crippen LogP contribution in [0.25, 0.3) is 0 Å². The monoisotopic (exact) mass is 275 g/mol. The van der Waals surface area contributed by atoms with Gasteiger partial charge in [0.15, 0.2) is 0 Å². The molecule has 0 saturated carbocycles. The molecular weight excluding hydrogens is 246 g/mol. The van der Waals surface area contributed by atoms with E-state index in [0.29, 0.717) is 0 Å². The van der Waals surface area contributed by atoms with E-state index in [1.807, 2.05) is 13.8 Å². The molecule has 0 radical (unpaired) electrons. The SMILES string of the molecule is [2H]CC([2H])(NC(=O)OC(C)(C)C)C(=O)OCC(CC)CC. The fraction of sp³-hybridized carbons (Fsp3) is 0.857. The normalized spacial score (nSPS) is 16.1. The maximum absolute atomic E-state index is 11.9. The van der Waals surface area contributed by atoms with Crippen molar-refractivity contribution in [2.75, 3.05) is 6.61 Å². The maximum atomic E-state index is 11.9. The summed E-state index contributed by atoms with van der Waals surface area (Å²) < 4.78 is 25.3. The molecule has 112 valence electrons. The number of rotatable bonds is 6. The fourth-order valence-electron chi connectivity index (χ4n) is 1.28. The van der Waals surface area contributed by atoms with Gasteiger partial charge in [0.2, 0.25) is 0 Å². The van der Waals surface area contributed by atoms with Gasteiger partial charge in [0.05, 0.1) is 7.98 Å². The Morgan fingerprint density at radius 2 is 1.89 bits per heavy atom. The molecule has 5 nitrogen and oxygen atoms in total. The predicted octanol–water partition coefficient (Wildman–Crippen LogP) is 2.88. The highest BCUT2D eigenvalue weighted by Crippen LogP contribution is 2.09. The second-order valence-corrected chi connectivity index (χ2v) is 5.39. The van der Waals surface area contributed by atoms with Crippen LogP contribution in [0.5, 0.6) is 0 Å². The highest BCUT2D eigenvalue weighted by atomic mass is 16.6. The van der Waals surface area contributed by atoms with Crippen LogP contribution in [0.3, 0.4) is 0 Å². The van der Waals surface area contributed by atoms with E-state index >= 15 is 0 Å². The molecule has 0 bridgehead atoms. The third-order valence-electron chi connectivity index (χ3n) is 2.50. The molecule has 0 aliphatic carbocycles. The smallest absolute Gasteiger partial charge is 0.408 e. The third-order valence-corrected chi connectivity index (χ3v) is 2.50. The molecule has 1 atom stereocenters. The largest absolute Gasteiger partial charge is 0.464 e. The molecule has 0 aromatic carbocycles. The first-order valence-corrected chi connectivity index (χ1v) is 6.55. The minimum atomic E-state index is -2.14. The van der Waals surface area contributed by atoms with Crippen molar-refractivity contribution in [2.24, 2.45) is 5.92 Å². The predicted molar refractivity (Wildman–Crippen MR) is 73.9 cm³/mol. The van der Waals surface area contributed by atoms with Crippen molar-refractivity contribution in [3.05, 3.63) is 0 Å². The fourth-order valence-corrected chi connectivity index (χ4v) is 1.28. The Kier molecular flexibility index (Phi) is 5.98. The minimum absolute atomic E-state index is 0.183. The minimum Gasteiger partial charge on any atom is -0.464 e. The average Bonchev–Trinajstić information content (AvgIpc) is 2.37. The molecule has 0 aliphatic heterocycles. The lowest BCUT2D eigenvalue weighted by Gasteiger charge is -2.21. The van der Waals surface area contributed by atoms with Gasteiger partial charge in [-0.05, 0) is 33.6 Å². The van der Waals surface area contributed by atoms with Gasteiger partial charge in [-0.1, -0.05) is 26.7 Å². The Bertz CT molecular complexity index is 353. The topological polar surface area (TPSA) is 64.6 Å². The Labute approximate surface area is 118 Å². The van der Waals surface area contributed by atoms with Crippen molar-refractivity contribution in [3.63, 3.8) is 0 Å². The van der Waals surface area contributed by atoms with E-state index in [1.54, 1.807) is 20.8 Å². The first-order valence-electron chi connectivity index (χ1n) is 7.76. The molecule has 0 heterocycles. The summed E-state index contributed by atoms with van der Waals surface area (Å²) in [6.07, 6.45) is 0.800. The van der Waals surface area contributed by atoms with Gasteiger partial charge in [-0.2, -0.15) is 0 Å². The van der Waals surface area contributed by atoms with E-state index in [4.69, 9.17) is 12.2 Å². The molecule has 1 amide bonds. The van der Waals surface area contributed by atoms with E-state index in [0.717, 1.165) is 12.8 Å². The van der Waals surface area contributed by atoms with Gasteiger partial charge in [0.25, 0.3) is 0 Å². The first-order chi connectivity index (χ1) is 9.57. The molecule has 1 unspecified atom stereocenters. The second-order valence-electron chi connectivity index (χ2n) is 5.39. The molecule has 0 spiro atoms. The van der Waals surface area contributed by atoms with Crippen molar-refractivity contribution >= 4 is 12.1 Å². The zero-order chi connectivity index (χ0) is 16.7. The van der Waals surface area contributed by atoms with Crippen molar-refractivity contribution in [2.45, 2.75) is 66.0 Å². The zero-order valence-electron chi connectivity index (χ0n) is 14.5. The van der Waals surface area contributed by atoms with Crippen molar-refractivity contribution in [1.29, 1.82) is 0 Å². The van der Waals surface area contributed by atoms with Crippen LogP contribution in [0, 0.1) is 5.92 Å². The van der Waals surface area contributed by atoms with E-state index in [-0.39, 0.29) is 12.5 Å². The van der Waals surface area contributed by atoms with Gasteiger partial charge < -0.3 is 14.8 Å². The summed E-state index contributed by atoms with van der Waals surface area (Å²) in [6, 6.07) is -2.14. The molecule has 0 saturated heterocycles. The highest BCUT2D eigenvalue weighted by Gasteiger charge is 2.22. The summed E-state index contributed by atoms with van der Waals surface area (Å²) >= 11 is 0. The molecule has 0 rings (SSSR count). The number of ether oxygens (including phenoxy) is 2. The van der Waals surface area contributed by atoms with Gasteiger partial charge >= 0.3 is 12.1 Å². The number of hydrogen-bond acceptors (Lipinski definition) is 4. The van der Waals surface area contributed by atoms with Gasteiger partial charge in [-0.25, -0.2) is 9.59 Å². The molecule has 0 aromatic heterocycles. The number of carbonyl (C=O) groups is 2. The highest BCUT2D eigenvalue weighted by molar-refractivity contribution is 5.81. The second kappa shape index (κ2) is 8.02. The van der Waals surface area contributed by atoms with E-state index in [1.165, 1.54) is 0 Å². The number of hydrogen-bond donors (Lipinski definition) is 1. The maximum Gasteiger partial charge on any atom is 0.408 e. The Hall–Kier alpha value is -1.26. The number of alkyl carbamates (subject to hydrolysis) is 1. The van der Waals surface area contributed by atoms with E-state index in [2.05, 4.69) is 5.32 Å². The Morgan fingerprint density at radius 3 is 2.32 bits per heavy atom. The summed E-state index contributed by atoms with van der Waals surface area (Å²) in [6.45, 7) is 8.52. The Balaban J connectivity index is 4.63. The molecule has 0 aromatic rings. The molecule has 19 heavy (non-hydrogen) atoms. The zero-order valence-corrected chi connectivity index (χ0v) is 12.5. The van der Waals surface area contributed by atoms with Gasteiger partial charge in [0.1, 0.15) is 11.6 Å². The van der Waals surface area contributed by atoms with Gasteiger partial charge in [0, 0.05) is 1.37 Å². The van der Waals surface area contributed by atoms with Gasteiger partial charge in [-0.3, -0.25) is 0 Å². The van der Waals surface area contributed by atoms with E-state index < -0.39 is 30.6 Å². The van der Waals surface area contributed by atoms with Crippen LogP contribution in [0.2, 0.25) is 0 Å². The number of amides is 1. The summed E-state index contributed by atoms with van der Waals surface area (Å²) in [5, 5.41) is 2.10. The van der Waals surface area contributed by atoms with E-state index in [9.17, 15) is 9.59 Å². The summed E-state index contributed by atoms with van der Waals surface area (Å²) in [4.78, 5) is 23.6. The number of nitrogens with one attached hydrogen (secondary N) is 1. The van der Waals surface area contributed by atoms with Gasteiger partial charge in [-0.15, -0.1) is 0 Å². The first kappa shape index (κ1) is 14.2. The average molecular weight is 275 g/mol. The summed E-state index contributed by atoms with van der Waals surface area (Å²) in [5.74, 6) is -0.722. The van der Waals surface area contributed by atoms with Crippen LogP contribution < -0.4 is 5.32 Å². The molecule has 1 N–H and O–H groups in total. The summed E-state index contributed by atoms with van der Waals surface area (Å²) in [5.41, 5.74) is -0.744. The van der Waals surface area contributed by atoms with Crippen LogP contribution in [0.1, 0.15) is 57.1 Å². The standard InChI is InChI=1S/C14H27NO4/c1-7-11(8-2)9-18-12(16)10(3)15-13(17)19-14(4,5)6/h10-11H,7-9H2,1-6H3,(H,15,17)/i3D,10D. The summed E-state index contributed by atoms with van der Waals surface area (Å²) in [7, 11) is 0. The number of esters is 1. The lowest BCUT2D eigenvalue weighted by atomic mass is 10.1. The quantitative estimate of drug-likeness (QED) is 0.757. The van der Waals surface area contributed by atoms with Crippen LogP contribution in [0.4, 0.5) is 4.79 Å². The molecule has 0 aliphatic rings. The van der Waals surface area contributed by atoms with Crippen LogP contribution in [-0.4, -0.2) is 30.3 Å². The number of carbonyl (C=O) groups excluding carboxylic acids is 2. The lowest BCUT2D eigenvalue weighted by Crippen LogP contribution is -2.42. The van der Waals surface area contributed by atoms with Crippen LogP contribution in [-0.2, 0) is 14.3 Å². The molecular formula is C14H27NO4.